The lowest BCUT2D eigenvalue weighted by molar-refractivity contribution is 1.33. The molecule has 0 atom stereocenters. The van der Waals surface area contributed by atoms with Gasteiger partial charge in [0.25, 0.3) is 0 Å². The van der Waals surface area contributed by atoms with Crippen molar-refractivity contribution in [1.29, 1.82) is 0 Å². The van der Waals surface area contributed by atoms with Crippen molar-refractivity contribution in [2.75, 3.05) is 0 Å². The third-order valence-corrected chi connectivity index (χ3v) is 0.566. The smallest absolute Gasteiger partial charge is 0.222 e. The molecule has 4 heteroatoms. The maximum absolute atomic E-state index is 4.90. The summed E-state index contributed by atoms with van der Waals surface area (Å²) >= 11 is 9.81. The van der Waals surface area contributed by atoms with Crippen LogP contribution in [0.5, 0.6) is 0 Å². The molecule has 1 aromatic heterocycles. The van der Waals surface area contributed by atoms with E-state index in [0.717, 1.165) is 0 Å². The van der Waals surface area contributed by atoms with Gasteiger partial charge in [0.15, 0.2) is 0 Å². The van der Waals surface area contributed by atoms with E-state index in [-0.39, 0.29) is 0 Å². The van der Waals surface area contributed by atoms with Gasteiger partial charge in [0.2, 0.25) is 8.14 Å². The van der Waals surface area contributed by atoms with Gasteiger partial charge in [-0.25, -0.2) is 0 Å². The molecule has 1 rings (SSSR count). The SMILES string of the molecule is Cl[SiH2]Cl.c1ccncc1. The first-order valence-corrected chi connectivity index (χ1v) is 6.66. The van der Waals surface area contributed by atoms with Crippen molar-refractivity contribution >= 4 is 30.3 Å². The first-order chi connectivity index (χ1) is 4.41. The normalized spacial score (nSPS) is 7.33. The fourth-order valence-corrected chi connectivity index (χ4v) is 0.313. The molecule has 0 saturated carbocycles. The lowest BCUT2D eigenvalue weighted by atomic mass is 10.5. The third kappa shape index (κ3) is 7.95. The molecule has 1 aromatic rings. The predicted octanol–water partition coefficient (Wildman–Crippen LogP) is 1.54. The molecule has 1 nitrogen and oxygen atoms in total. The molecule has 0 aliphatic carbocycles. The molecule has 9 heavy (non-hydrogen) atoms. The summed E-state index contributed by atoms with van der Waals surface area (Å²) in [6, 6.07) is 5.72. The van der Waals surface area contributed by atoms with E-state index < -0.39 is 8.14 Å². The summed E-state index contributed by atoms with van der Waals surface area (Å²) in [5.74, 6) is 0. The van der Waals surface area contributed by atoms with Crippen LogP contribution < -0.4 is 0 Å². The molecule has 0 amide bonds. The number of aromatic nitrogens is 1. The van der Waals surface area contributed by atoms with Crippen LogP contribution in [0.1, 0.15) is 0 Å². The summed E-state index contributed by atoms with van der Waals surface area (Å²) in [5, 5.41) is 0. The van der Waals surface area contributed by atoms with Crippen molar-refractivity contribution < 1.29 is 0 Å². The maximum Gasteiger partial charge on any atom is 0.222 e. The molecule has 0 radical (unpaired) electrons. The molecule has 0 saturated heterocycles. The zero-order valence-electron chi connectivity index (χ0n) is 4.80. The van der Waals surface area contributed by atoms with E-state index in [4.69, 9.17) is 22.2 Å². The Morgan fingerprint density at radius 3 is 1.56 bits per heavy atom. The van der Waals surface area contributed by atoms with E-state index in [9.17, 15) is 0 Å². The minimum atomic E-state index is -0.639. The minimum Gasteiger partial charge on any atom is -0.265 e. The standard InChI is InChI=1S/C5H5N.Cl2H2Si/c1-2-4-6-5-3-1;1-3-2/h1-5H;3H2. The zero-order valence-corrected chi connectivity index (χ0v) is 7.72. The van der Waals surface area contributed by atoms with Gasteiger partial charge in [0, 0.05) is 12.4 Å². The van der Waals surface area contributed by atoms with Gasteiger partial charge in [-0.1, -0.05) is 6.07 Å². The number of nitrogens with zero attached hydrogens (tertiary/aromatic N) is 1. The topological polar surface area (TPSA) is 12.9 Å². The Labute approximate surface area is 66.2 Å². The van der Waals surface area contributed by atoms with Crippen LogP contribution in [0.25, 0.3) is 0 Å². The Kier molecular flexibility index (Phi) is 7.90. The van der Waals surface area contributed by atoms with E-state index in [0.29, 0.717) is 0 Å². The largest absolute Gasteiger partial charge is 0.265 e. The summed E-state index contributed by atoms with van der Waals surface area (Å²) < 4.78 is 0. The minimum absolute atomic E-state index is 0.639. The molecule has 0 bridgehead atoms. The van der Waals surface area contributed by atoms with Crippen LogP contribution in [-0.2, 0) is 0 Å². The summed E-state index contributed by atoms with van der Waals surface area (Å²) in [6.07, 6.45) is 3.50. The molecular weight excluding hydrogens is 173 g/mol. The van der Waals surface area contributed by atoms with Crippen molar-refractivity contribution in [3.63, 3.8) is 0 Å². The summed E-state index contributed by atoms with van der Waals surface area (Å²) in [7, 11) is -0.639. The van der Waals surface area contributed by atoms with E-state index >= 15 is 0 Å². The first-order valence-electron chi connectivity index (χ1n) is 2.38. The Morgan fingerprint density at radius 1 is 1.00 bits per heavy atom. The molecule has 0 unspecified atom stereocenters. The highest BCUT2D eigenvalue weighted by molar-refractivity contribution is 7.22. The van der Waals surface area contributed by atoms with Crippen LogP contribution in [0, 0.1) is 0 Å². The predicted molar refractivity (Wildman–Crippen MR) is 44.5 cm³/mol. The molecule has 0 N–H and O–H groups in total. The second kappa shape index (κ2) is 7.95. The number of halogens is 2. The van der Waals surface area contributed by atoms with Crippen LogP contribution in [0.4, 0.5) is 0 Å². The lowest BCUT2D eigenvalue weighted by Crippen LogP contribution is -1.58. The number of pyridine rings is 1. The Balaban J connectivity index is 0.000000187. The van der Waals surface area contributed by atoms with Crippen molar-refractivity contribution in [3.05, 3.63) is 30.6 Å². The quantitative estimate of drug-likeness (QED) is 0.436. The van der Waals surface area contributed by atoms with E-state index in [1.807, 2.05) is 18.2 Å². The number of hydrogen-bond acceptors (Lipinski definition) is 1. The summed E-state index contributed by atoms with van der Waals surface area (Å²) in [6.45, 7) is 0. The van der Waals surface area contributed by atoms with Gasteiger partial charge in [-0.05, 0) is 12.1 Å². The zero-order chi connectivity index (χ0) is 6.95. The third-order valence-electron chi connectivity index (χ3n) is 0.566. The van der Waals surface area contributed by atoms with Crippen LogP contribution >= 0.6 is 22.2 Å². The number of hydrogen-bond donors (Lipinski definition) is 0. The van der Waals surface area contributed by atoms with Crippen LogP contribution in [0.2, 0.25) is 0 Å². The Morgan fingerprint density at radius 2 is 1.44 bits per heavy atom. The second-order valence-electron chi connectivity index (χ2n) is 1.13. The molecule has 1 heterocycles. The Bertz CT molecular complexity index is 97.8. The van der Waals surface area contributed by atoms with Crippen molar-refractivity contribution in [2.24, 2.45) is 0 Å². The van der Waals surface area contributed by atoms with E-state index in [1.165, 1.54) is 0 Å². The molecule has 0 fully saturated rings. The second-order valence-corrected chi connectivity index (χ2v) is 3.75. The molecule has 0 spiro atoms. The molecule has 0 aliphatic rings. The fraction of sp³-hybridized carbons (Fsp3) is 0. The maximum atomic E-state index is 4.90. The lowest BCUT2D eigenvalue weighted by Gasteiger charge is -1.70. The highest BCUT2D eigenvalue weighted by Crippen LogP contribution is 1.73. The van der Waals surface area contributed by atoms with Crippen molar-refractivity contribution in [2.45, 2.75) is 0 Å². The molecular formula is C5H7Cl2NSi. The van der Waals surface area contributed by atoms with E-state index in [1.54, 1.807) is 12.4 Å². The average molecular weight is 180 g/mol. The average Bonchev–Trinajstić information content (AvgIpc) is 1.93. The molecule has 0 aliphatic heterocycles. The number of rotatable bonds is 0. The van der Waals surface area contributed by atoms with Gasteiger partial charge >= 0.3 is 0 Å². The van der Waals surface area contributed by atoms with Gasteiger partial charge < -0.3 is 0 Å². The highest BCUT2D eigenvalue weighted by Gasteiger charge is 1.58. The molecule has 50 valence electrons. The van der Waals surface area contributed by atoms with Gasteiger partial charge in [-0.3, -0.25) is 4.98 Å². The highest BCUT2D eigenvalue weighted by atomic mass is 35.7. The van der Waals surface area contributed by atoms with Gasteiger partial charge in [0.1, 0.15) is 0 Å². The van der Waals surface area contributed by atoms with Gasteiger partial charge in [-0.2, -0.15) is 22.2 Å². The van der Waals surface area contributed by atoms with E-state index in [2.05, 4.69) is 4.98 Å². The van der Waals surface area contributed by atoms with Crippen molar-refractivity contribution in [1.82, 2.24) is 4.98 Å². The Hall–Kier alpha value is -0.0531. The summed E-state index contributed by atoms with van der Waals surface area (Å²) in [5.41, 5.74) is 0. The first kappa shape index (κ1) is 8.95. The van der Waals surface area contributed by atoms with Crippen LogP contribution in [-0.4, -0.2) is 13.1 Å². The fourth-order valence-electron chi connectivity index (χ4n) is 0.313. The van der Waals surface area contributed by atoms with Crippen LogP contribution in [0.15, 0.2) is 30.6 Å². The van der Waals surface area contributed by atoms with Gasteiger partial charge in [-0.15, -0.1) is 0 Å². The monoisotopic (exact) mass is 179 g/mol. The van der Waals surface area contributed by atoms with Gasteiger partial charge in [0.05, 0.1) is 0 Å². The van der Waals surface area contributed by atoms with Crippen LogP contribution in [0.3, 0.4) is 0 Å². The summed E-state index contributed by atoms with van der Waals surface area (Å²) in [4.78, 5) is 3.78. The van der Waals surface area contributed by atoms with Crippen molar-refractivity contribution in [3.8, 4) is 0 Å². The molecule has 0 aromatic carbocycles.